The quantitative estimate of drug-likeness (QED) is 0.641. The second-order valence-corrected chi connectivity index (χ2v) is 5.30. The van der Waals surface area contributed by atoms with Crippen molar-refractivity contribution in [1.82, 2.24) is 4.98 Å². The second kappa shape index (κ2) is 5.87. The first-order valence-electron chi connectivity index (χ1n) is 5.57. The number of halogens is 3. The fourth-order valence-corrected chi connectivity index (χ4v) is 2.43. The van der Waals surface area contributed by atoms with Gasteiger partial charge in [-0.1, -0.05) is 34.8 Å². The molecule has 0 bridgehead atoms. The van der Waals surface area contributed by atoms with Crippen molar-refractivity contribution in [2.45, 2.75) is 6.92 Å². The Hall–Kier alpha value is -1.49. The third-order valence-electron chi connectivity index (χ3n) is 2.64. The fourth-order valence-electron chi connectivity index (χ4n) is 1.67. The summed E-state index contributed by atoms with van der Waals surface area (Å²) >= 11 is 17.5. The van der Waals surface area contributed by atoms with Crippen LogP contribution in [0, 0.1) is 6.92 Å². The number of carbonyl (C=O) groups excluding carboxylic acids is 1. The molecule has 4 nitrogen and oxygen atoms in total. The van der Waals surface area contributed by atoms with E-state index in [1.54, 1.807) is 25.1 Å². The molecule has 3 N–H and O–H groups in total. The van der Waals surface area contributed by atoms with E-state index in [9.17, 15) is 4.79 Å². The Bertz CT molecular complexity index is 666. The zero-order valence-corrected chi connectivity index (χ0v) is 12.6. The molecule has 1 amide bonds. The van der Waals surface area contributed by atoms with Crippen molar-refractivity contribution in [3.8, 4) is 0 Å². The van der Waals surface area contributed by atoms with Gasteiger partial charge in [0, 0.05) is 10.7 Å². The number of aromatic nitrogens is 1. The zero-order chi connectivity index (χ0) is 14.9. The van der Waals surface area contributed by atoms with E-state index in [0.29, 0.717) is 21.8 Å². The number of pyridine rings is 1. The van der Waals surface area contributed by atoms with E-state index in [2.05, 4.69) is 10.3 Å². The van der Waals surface area contributed by atoms with E-state index in [4.69, 9.17) is 40.5 Å². The van der Waals surface area contributed by atoms with Crippen molar-refractivity contribution < 1.29 is 4.79 Å². The summed E-state index contributed by atoms with van der Waals surface area (Å²) in [6.07, 6.45) is 0. The van der Waals surface area contributed by atoms with Crippen LogP contribution in [-0.4, -0.2) is 10.9 Å². The number of benzene rings is 1. The summed E-state index contributed by atoms with van der Waals surface area (Å²) in [5, 5.41) is 3.51. The Kier molecular flexibility index (Phi) is 4.38. The van der Waals surface area contributed by atoms with Gasteiger partial charge in [-0.15, -0.1) is 0 Å². The lowest BCUT2D eigenvalue weighted by molar-refractivity contribution is 0.102. The molecule has 7 heteroatoms. The number of carbonyl (C=O) groups is 1. The summed E-state index contributed by atoms with van der Waals surface area (Å²) in [7, 11) is 0. The monoisotopic (exact) mass is 329 g/mol. The maximum Gasteiger partial charge on any atom is 0.257 e. The van der Waals surface area contributed by atoms with E-state index in [1.807, 2.05) is 0 Å². The van der Waals surface area contributed by atoms with Crippen LogP contribution < -0.4 is 11.1 Å². The van der Waals surface area contributed by atoms with E-state index >= 15 is 0 Å². The summed E-state index contributed by atoms with van der Waals surface area (Å²) in [6, 6.07) is 6.24. The molecule has 0 atom stereocenters. The number of rotatable bonds is 2. The first-order chi connectivity index (χ1) is 9.38. The smallest absolute Gasteiger partial charge is 0.257 e. The van der Waals surface area contributed by atoms with Gasteiger partial charge >= 0.3 is 0 Å². The van der Waals surface area contributed by atoms with Crippen molar-refractivity contribution in [2.24, 2.45) is 0 Å². The molecule has 0 aliphatic heterocycles. The van der Waals surface area contributed by atoms with Gasteiger partial charge in [0.25, 0.3) is 5.91 Å². The normalized spacial score (nSPS) is 10.4. The van der Waals surface area contributed by atoms with Crippen LogP contribution in [0.3, 0.4) is 0 Å². The number of anilines is 2. The first kappa shape index (κ1) is 14.9. The lowest BCUT2D eigenvalue weighted by Gasteiger charge is -2.11. The molecule has 1 aromatic heterocycles. The zero-order valence-electron chi connectivity index (χ0n) is 10.4. The minimum Gasteiger partial charge on any atom is -0.398 e. The number of aryl methyl sites for hydroxylation is 1. The van der Waals surface area contributed by atoms with E-state index in [1.165, 1.54) is 6.07 Å². The largest absolute Gasteiger partial charge is 0.398 e. The van der Waals surface area contributed by atoms with Crippen LogP contribution in [0.1, 0.15) is 15.9 Å². The fraction of sp³-hybridized carbons (Fsp3) is 0.0769. The minimum atomic E-state index is -0.395. The van der Waals surface area contributed by atoms with Gasteiger partial charge in [-0.25, -0.2) is 4.98 Å². The number of nitrogen functional groups attached to an aromatic ring is 1. The molecule has 0 saturated carbocycles. The van der Waals surface area contributed by atoms with Gasteiger partial charge in [-0.3, -0.25) is 4.79 Å². The maximum absolute atomic E-state index is 12.2. The highest BCUT2D eigenvalue weighted by molar-refractivity contribution is 6.35. The number of nitrogens with two attached hydrogens (primary N) is 1. The molecule has 0 saturated heterocycles. The second-order valence-electron chi connectivity index (χ2n) is 4.11. The molecule has 0 spiro atoms. The molecule has 0 unspecified atom stereocenters. The Balaban J connectivity index is 2.33. The van der Waals surface area contributed by atoms with Gasteiger partial charge in [-0.05, 0) is 36.8 Å². The Morgan fingerprint density at radius 2 is 1.95 bits per heavy atom. The molecular weight excluding hydrogens is 321 g/mol. The van der Waals surface area contributed by atoms with Gasteiger partial charge in [0.1, 0.15) is 5.15 Å². The molecule has 0 aliphatic rings. The highest BCUT2D eigenvalue weighted by Gasteiger charge is 2.14. The Morgan fingerprint density at radius 1 is 1.25 bits per heavy atom. The molecule has 2 rings (SSSR count). The van der Waals surface area contributed by atoms with Crippen LogP contribution >= 0.6 is 34.8 Å². The van der Waals surface area contributed by atoms with E-state index in [0.717, 1.165) is 0 Å². The van der Waals surface area contributed by atoms with Crippen LogP contribution in [0.25, 0.3) is 0 Å². The number of hydrogen-bond donors (Lipinski definition) is 2. The molecule has 1 heterocycles. The SMILES string of the molecule is Cc1cc(Cl)nc(Cl)c1NC(=O)c1ccc(Cl)cc1N. The summed E-state index contributed by atoms with van der Waals surface area (Å²) in [5.41, 5.74) is 7.45. The predicted molar refractivity (Wildman–Crippen MR) is 82.8 cm³/mol. The van der Waals surface area contributed by atoms with Crippen molar-refractivity contribution in [3.63, 3.8) is 0 Å². The summed E-state index contributed by atoms with van der Waals surface area (Å²) < 4.78 is 0. The van der Waals surface area contributed by atoms with Crippen molar-refractivity contribution in [2.75, 3.05) is 11.1 Å². The maximum atomic E-state index is 12.2. The Labute approximate surface area is 130 Å². The van der Waals surface area contributed by atoms with Gasteiger partial charge in [0.2, 0.25) is 0 Å². The van der Waals surface area contributed by atoms with Crippen LogP contribution in [0.2, 0.25) is 15.3 Å². The highest BCUT2D eigenvalue weighted by Crippen LogP contribution is 2.27. The van der Waals surface area contributed by atoms with Gasteiger partial charge < -0.3 is 11.1 Å². The average molecular weight is 331 g/mol. The van der Waals surface area contributed by atoms with Crippen molar-refractivity contribution in [1.29, 1.82) is 0 Å². The van der Waals surface area contributed by atoms with E-state index < -0.39 is 5.91 Å². The molecule has 0 fully saturated rings. The molecule has 1 aromatic carbocycles. The molecule has 104 valence electrons. The van der Waals surface area contributed by atoms with E-state index in [-0.39, 0.29) is 16.0 Å². The van der Waals surface area contributed by atoms with Gasteiger partial charge in [-0.2, -0.15) is 0 Å². The molecular formula is C13H10Cl3N3O. The van der Waals surface area contributed by atoms with Crippen molar-refractivity contribution >= 4 is 52.1 Å². The van der Waals surface area contributed by atoms with Gasteiger partial charge in [0.05, 0.1) is 11.3 Å². The average Bonchev–Trinajstić information content (AvgIpc) is 2.33. The van der Waals surface area contributed by atoms with Crippen LogP contribution in [0.4, 0.5) is 11.4 Å². The highest BCUT2D eigenvalue weighted by atomic mass is 35.5. The lowest BCUT2D eigenvalue weighted by atomic mass is 10.1. The van der Waals surface area contributed by atoms with Crippen molar-refractivity contribution in [3.05, 3.63) is 50.7 Å². The minimum absolute atomic E-state index is 0.121. The predicted octanol–water partition coefficient (Wildman–Crippen LogP) is 4.18. The topological polar surface area (TPSA) is 68.0 Å². The molecule has 20 heavy (non-hydrogen) atoms. The van der Waals surface area contributed by atoms with Crippen LogP contribution in [-0.2, 0) is 0 Å². The van der Waals surface area contributed by atoms with Crippen LogP contribution in [0.5, 0.6) is 0 Å². The number of hydrogen-bond acceptors (Lipinski definition) is 3. The number of amides is 1. The summed E-state index contributed by atoms with van der Waals surface area (Å²) in [4.78, 5) is 16.1. The summed E-state index contributed by atoms with van der Waals surface area (Å²) in [5.74, 6) is -0.395. The number of nitrogens with one attached hydrogen (secondary N) is 1. The Morgan fingerprint density at radius 3 is 2.55 bits per heavy atom. The summed E-state index contributed by atoms with van der Waals surface area (Å²) in [6.45, 7) is 1.76. The lowest BCUT2D eigenvalue weighted by Crippen LogP contribution is -2.15. The number of nitrogens with zero attached hydrogens (tertiary/aromatic N) is 1. The molecule has 0 radical (unpaired) electrons. The first-order valence-corrected chi connectivity index (χ1v) is 6.71. The molecule has 0 aliphatic carbocycles. The third-order valence-corrected chi connectivity index (χ3v) is 3.34. The molecule has 2 aromatic rings. The van der Waals surface area contributed by atoms with Gasteiger partial charge in [0.15, 0.2) is 5.15 Å². The van der Waals surface area contributed by atoms with Crippen LogP contribution in [0.15, 0.2) is 24.3 Å². The standard InChI is InChI=1S/C13H10Cl3N3O/c1-6-4-10(15)18-12(16)11(6)19-13(20)8-3-2-7(14)5-9(8)17/h2-5H,17H2,1H3,(H,19,20). The third kappa shape index (κ3) is 3.15.